The van der Waals surface area contributed by atoms with Gasteiger partial charge in [-0.2, -0.15) is 10.2 Å². The van der Waals surface area contributed by atoms with E-state index >= 15 is 0 Å². The van der Waals surface area contributed by atoms with Crippen molar-refractivity contribution in [2.45, 2.75) is 65.7 Å². The fraction of sp³-hybridized carbons (Fsp3) is 0.857. The van der Waals surface area contributed by atoms with E-state index in [2.05, 4.69) is 58.2 Å². The number of isothiocyanates is 2. The molecule has 0 aromatic carbocycles. The van der Waals surface area contributed by atoms with Crippen LogP contribution in [0.2, 0.25) is 0 Å². The molecule has 0 amide bonds. The maximum absolute atomic E-state index is 4.71. The molecule has 0 heterocycles. The molecule has 0 N–H and O–H groups in total. The zero-order valence-electron chi connectivity index (χ0n) is 13.2. The Balaban J connectivity index is 5.34. The molecule has 0 aromatic rings. The fourth-order valence-electron chi connectivity index (χ4n) is 2.18. The van der Waals surface area contributed by atoms with Gasteiger partial charge in [0.25, 0.3) is 0 Å². The van der Waals surface area contributed by atoms with Gasteiger partial charge >= 0.3 is 0 Å². The van der Waals surface area contributed by atoms with Crippen LogP contribution in [0.25, 0.3) is 0 Å². The highest BCUT2D eigenvalue weighted by Crippen LogP contribution is 2.28. The Morgan fingerprint density at radius 2 is 1.10 bits per heavy atom. The van der Waals surface area contributed by atoms with Gasteiger partial charge in [-0.05, 0) is 63.0 Å². The first-order chi connectivity index (χ1) is 9.16. The van der Waals surface area contributed by atoms with Crippen molar-refractivity contribution in [1.82, 2.24) is 0 Å². The molecule has 0 aliphatic heterocycles. The Hall–Kier alpha value is -0.800. The van der Waals surface area contributed by atoms with Crippen LogP contribution in [-0.4, -0.2) is 21.6 Å². The molecule has 0 fully saturated rings. The van der Waals surface area contributed by atoms with E-state index in [0.717, 1.165) is 12.8 Å². The van der Waals surface area contributed by atoms with Crippen LogP contribution >= 0.6 is 24.4 Å². The molecular weight excluding hydrogens is 288 g/mol. The number of hydrogen-bond acceptors (Lipinski definition) is 6. The molecule has 0 bridgehead atoms. The summed E-state index contributed by atoms with van der Waals surface area (Å²) in [6.45, 7) is 12.2. The van der Waals surface area contributed by atoms with E-state index in [0.29, 0.717) is 11.8 Å². The maximum atomic E-state index is 4.71. The SMILES string of the molecule is CC(C)CC(C)(N=C=S)N=NC(C)(CC(C)C)N=C=S. The predicted molar refractivity (Wildman–Crippen MR) is 90.6 cm³/mol. The van der Waals surface area contributed by atoms with Crippen LogP contribution < -0.4 is 0 Å². The van der Waals surface area contributed by atoms with Crippen molar-refractivity contribution >= 4 is 34.8 Å². The fourth-order valence-corrected chi connectivity index (χ4v) is 2.57. The smallest absolute Gasteiger partial charge is 0.178 e. The van der Waals surface area contributed by atoms with Gasteiger partial charge < -0.3 is 0 Å². The number of azo groups is 1. The van der Waals surface area contributed by atoms with Gasteiger partial charge in [-0.1, -0.05) is 27.7 Å². The Morgan fingerprint density at radius 1 is 0.800 bits per heavy atom. The van der Waals surface area contributed by atoms with E-state index < -0.39 is 11.3 Å². The van der Waals surface area contributed by atoms with Gasteiger partial charge in [-0.3, -0.25) is 0 Å². The van der Waals surface area contributed by atoms with Gasteiger partial charge in [-0.15, -0.1) is 0 Å². The minimum absolute atomic E-state index is 0.427. The Labute approximate surface area is 132 Å². The van der Waals surface area contributed by atoms with E-state index in [1.165, 1.54) is 0 Å². The minimum Gasteiger partial charge on any atom is -0.200 e. The summed E-state index contributed by atoms with van der Waals surface area (Å²) >= 11 is 9.42. The third kappa shape index (κ3) is 7.71. The van der Waals surface area contributed by atoms with Gasteiger partial charge in [0, 0.05) is 0 Å². The summed E-state index contributed by atoms with van der Waals surface area (Å²) in [6, 6.07) is 0. The topological polar surface area (TPSA) is 49.4 Å². The van der Waals surface area contributed by atoms with Crippen molar-refractivity contribution in [3.05, 3.63) is 0 Å². The van der Waals surface area contributed by atoms with Gasteiger partial charge in [-0.25, -0.2) is 9.98 Å². The molecule has 4 nitrogen and oxygen atoms in total. The zero-order chi connectivity index (χ0) is 15.8. The molecule has 0 spiro atoms. The second-order valence-electron chi connectivity index (χ2n) is 6.24. The second kappa shape index (κ2) is 8.48. The highest BCUT2D eigenvalue weighted by atomic mass is 32.1. The summed E-state index contributed by atoms with van der Waals surface area (Å²) in [4.78, 5) is 8.31. The number of hydrogen-bond donors (Lipinski definition) is 0. The summed E-state index contributed by atoms with van der Waals surface area (Å²) < 4.78 is 0. The Kier molecular flexibility index (Phi) is 8.14. The van der Waals surface area contributed by atoms with Gasteiger partial charge in [0.05, 0.1) is 10.3 Å². The third-order valence-corrected chi connectivity index (χ3v) is 2.83. The summed E-state index contributed by atoms with van der Waals surface area (Å²) in [5.41, 5.74) is -1.38. The molecule has 0 rings (SSSR count). The van der Waals surface area contributed by atoms with E-state index in [9.17, 15) is 0 Å². The summed E-state index contributed by atoms with van der Waals surface area (Å²) in [7, 11) is 0. The number of thiocarbonyl (C=S) groups is 2. The van der Waals surface area contributed by atoms with Gasteiger partial charge in [0.2, 0.25) is 0 Å². The standard InChI is InChI=1S/C14H24N4S2/c1-11(2)7-13(5,15-9-19)17-18-14(6,16-10-20)8-12(3)4/h11-12H,7-8H2,1-6H3. The molecule has 20 heavy (non-hydrogen) atoms. The van der Waals surface area contributed by atoms with Crippen molar-refractivity contribution < 1.29 is 0 Å². The summed E-state index contributed by atoms with van der Waals surface area (Å²) in [5, 5.41) is 13.6. The van der Waals surface area contributed by atoms with E-state index in [1.54, 1.807) is 0 Å². The predicted octanol–water partition coefficient (Wildman–Crippen LogP) is 5.17. The summed E-state index contributed by atoms with van der Waals surface area (Å²) in [5.74, 6) is 0.854. The lowest BCUT2D eigenvalue weighted by atomic mass is 9.99. The normalized spacial score (nSPS) is 17.4. The molecule has 0 saturated carbocycles. The first-order valence-electron chi connectivity index (χ1n) is 6.78. The van der Waals surface area contributed by atoms with Crippen LogP contribution in [0, 0.1) is 11.8 Å². The van der Waals surface area contributed by atoms with Crippen molar-refractivity contribution in [1.29, 1.82) is 0 Å². The molecule has 0 radical (unpaired) electrons. The molecule has 0 aliphatic carbocycles. The largest absolute Gasteiger partial charge is 0.200 e. The van der Waals surface area contributed by atoms with Crippen LogP contribution in [0.5, 0.6) is 0 Å². The van der Waals surface area contributed by atoms with Crippen LogP contribution in [-0.2, 0) is 0 Å². The molecule has 6 heteroatoms. The van der Waals surface area contributed by atoms with Crippen LogP contribution in [0.1, 0.15) is 54.4 Å². The summed E-state index contributed by atoms with van der Waals surface area (Å²) in [6.07, 6.45) is 1.50. The maximum Gasteiger partial charge on any atom is 0.178 e. The second-order valence-corrected chi connectivity index (χ2v) is 6.60. The first-order valence-corrected chi connectivity index (χ1v) is 7.60. The molecule has 0 aromatic heterocycles. The van der Waals surface area contributed by atoms with Crippen molar-refractivity contribution in [2.24, 2.45) is 32.0 Å². The van der Waals surface area contributed by atoms with Gasteiger partial charge in [0.15, 0.2) is 11.3 Å². The third-order valence-electron chi connectivity index (χ3n) is 2.64. The molecule has 112 valence electrons. The van der Waals surface area contributed by atoms with Crippen molar-refractivity contribution in [3.8, 4) is 0 Å². The molecule has 0 aliphatic rings. The van der Waals surface area contributed by atoms with Gasteiger partial charge in [0.1, 0.15) is 0 Å². The quantitative estimate of drug-likeness (QED) is 0.353. The lowest BCUT2D eigenvalue weighted by molar-refractivity contribution is 0.320. The molecule has 2 atom stereocenters. The molecule has 2 unspecified atom stereocenters. The van der Waals surface area contributed by atoms with E-state index in [1.807, 2.05) is 13.8 Å². The average molecular weight is 313 g/mol. The highest BCUT2D eigenvalue weighted by molar-refractivity contribution is 7.78. The lowest BCUT2D eigenvalue weighted by Crippen LogP contribution is -2.25. The monoisotopic (exact) mass is 312 g/mol. The van der Waals surface area contributed by atoms with Crippen LogP contribution in [0.3, 0.4) is 0 Å². The highest BCUT2D eigenvalue weighted by Gasteiger charge is 2.28. The molecule has 0 saturated heterocycles. The minimum atomic E-state index is -0.689. The van der Waals surface area contributed by atoms with Crippen molar-refractivity contribution in [3.63, 3.8) is 0 Å². The molecular formula is C14H24N4S2. The number of aliphatic imine (C=N–C) groups is 2. The zero-order valence-corrected chi connectivity index (χ0v) is 14.8. The van der Waals surface area contributed by atoms with E-state index in [4.69, 9.17) is 24.4 Å². The van der Waals surface area contributed by atoms with E-state index in [-0.39, 0.29) is 0 Å². The van der Waals surface area contributed by atoms with Crippen LogP contribution in [0.4, 0.5) is 0 Å². The Bertz CT molecular complexity index is 394. The Morgan fingerprint density at radius 3 is 1.30 bits per heavy atom. The average Bonchev–Trinajstić information content (AvgIpc) is 2.25. The number of rotatable bonds is 8. The van der Waals surface area contributed by atoms with Crippen molar-refractivity contribution in [2.75, 3.05) is 0 Å². The van der Waals surface area contributed by atoms with Crippen LogP contribution in [0.15, 0.2) is 20.2 Å². The first kappa shape index (κ1) is 19.2. The number of nitrogens with zero attached hydrogens (tertiary/aromatic N) is 4. The lowest BCUT2D eigenvalue weighted by Gasteiger charge is -2.24.